The monoisotopic (exact) mass is 430 g/mol. The van der Waals surface area contributed by atoms with Crippen LogP contribution in [0.3, 0.4) is 0 Å². The summed E-state index contributed by atoms with van der Waals surface area (Å²) < 4.78 is 32.3. The zero-order valence-corrected chi connectivity index (χ0v) is 18.8. The Bertz CT molecular complexity index is 994. The molecule has 1 aliphatic heterocycles. The molecule has 1 N–H and O–H groups in total. The lowest BCUT2D eigenvalue weighted by molar-refractivity contribution is -0.126. The lowest BCUT2D eigenvalue weighted by Gasteiger charge is -2.31. The van der Waals surface area contributed by atoms with Crippen LogP contribution in [-0.4, -0.2) is 38.8 Å². The van der Waals surface area contributed by atoms with Gasteiger partial charge in [0, 0.05) is 19.0 Å². The van der Waals surface area contributed by atoms with Crippen molar-refractivity contribution >= 4 is 15.9 Å². The molecular weight excluding hydrogens is 400 g/mol. The lowest BCUT2D eigenvalue weighted by atomic mass is 9.96. The number of ether oxygens (including phenoxy) is 1. The number of hydrogen-bond donors (Lipinski definition) is 1. The van der Waals surface area contributed by atoms with Gasteiger partial charge in [0.15, 0.2) is 0 Å². The van der Waals surface area contributed by atoms with Crippen molar-refractivity contribution in [3.8, 4) is 5.75 Å². The van der Waals surface area contributed by atoms with Crippen LogP contribution in [0.2, 0.25) is 0 Å². The molecule has 1 aliphatic rings. The molecule has 6 nitrogen and oxygen atoms in total. The zero-order chi connectivity index (χ0) is 21.9. The molecule has 0 aliphatic carbocycles. The van der Waals surface area contributed by atoms with Gasteiger partial charge in [0.25, 0.3) is 0 Å². The van der Waals surface area contributed by atoms with Crippen LogP contribution < -0.4 is 10.1 Å². The fourth-order valence-electron chi connectivity index (χ4n) is 3.70. The molecule has 0 spiro atoms. The first-order chi connectivity index (χ1) is 14.2. The predicted octanol–water partition coefficient (Wildman–Crippen LogP) is 3.59. The molecule has 0 radical (unpaired) electrons. The van der Waals surface area contributed by atoms with Crippen LogP contribution in [0.1, 0.15) is 42.5 Å². The number of amides is 1. The standard InChI is InChI=1S/C23H30N2O4S/c1-16-5-6-20(15-17(16)2)18(3)24-23(26)19-11-13-25(14-12-19)30(27,28)22-9-7-21(29-4)8-10-22/h5-10,15,18-19H,11-14H2,1-4H3,(H,24,26)/t18-/m0/s1. The number of rotatable bonds is 6. The summed E-state index contributed by atoms with van der Waals surface area (Å²) in [6.07, 6.45) is 1.03. The summed E-state index contributed by atoms with van der Waals surface area (Å²) in [5.41, 5.74) is 3.50. The van der Waals surface area contributed by atoms with E-state index in [0.717, 1.165) is 5.56 Å². The van der Waals surface area contributed by atoms with Crippen LogP contribution in [0.25, 0.3) is 0 Å². The molecule has 0 unspecified atom stereocenters. The Kier molecular flexibility index (Phi) is 6.83. The molecule has 0 bridgehead atoms. The first-order valence-electron chi connectivity index (χ1n) is 10.2. The Morgan fingerprint density at radius 1 is 1.07 bits per heavy atom. The van der Waals surface area contributed by atoms with Gasteiger partial charge >= 0.3 is 0 Å². The van der Waals surface area contributed by atoms with E-state index in [-0.39, 0.29) is 22.8 Å². The van der Waals surface area contributed by atoms with E-state index < -0.39 is 10.0 Å². The first kappa shape index (κ1) is 22.3. The average molecular weight is 431 g/mol. The average Bonchev–Trinajstić information content (AvgIpc) is 2.75. The molecule has 2 aromatic rings. The third-order valence-electron chi connectivity index (χ3n) is 5.91. The lowest BCUT2D eigenvalue weighted by Crippen LogP contribution is -2.43. The Hall–Kier alpha value is -2.38. The zero-order valence-electron chi connectivity index (χ0n) is 18.0. The van der Waals surface area contributed by atoms with Gasteiger partial charge in [-0.15, -0.1) is 0 Å². The molecule has 1 fully saturated rings. The molecule has 1 atom stereocenters. The van der Waals surface area contributed by atoms with Gasteiger partial charge in [0.1, 0.15) is 5.75 Å². The number of piperidine rings is 1. The van der Waals surface area contributed by atoms with E-state index in [2.05, 4.69) is 31.3 Å². The molecule has 0 saturated carbocycles. The van der Waals surface area contributed by atoms with Crippen LogP contribution in [0.5, 0.6) is 5.75 Å². The highest BCUT2D eigenvalue weighted by atomic mass is 32.2. The SMILES string of the molecule is COc1ccc(S(=O)(=O)N2CCC(C(=O)N[C@@H](C)c3ccc(C)c(C)c3)CC2)cc1. The minimum atomic E-state index is -3.56. The number of carbonyl (C=O) groups excluding carboxylic acids is 1. The molecule has 0 aromatic heterocycles. The smallest absolute Gasteiger partial charge is 0.243 e. The maximum absolute atomic E-state index is 12.9. The molecular formula is C23H30N2O4S. The number of benzene rings is 2. The van der Waals surface area contributed by atoms with Gasteiger partial charge in [-0.3, -0.25) is 4.79 Å². The largest absolute Gasteiger partial charge is 0.497 e. The van der Waals surface area contributed by atoms with Crippen LogP contribution in [0.15, 0.2) is 47.4 Å². The summed E-state index contributed by atoms with van der Waals surface area (Å²) in [7, 11) is -2.02. The van der Waals surface area contributed by atoms with Crippen molar-refractivity contribution in [3.63, 3.8) is 0 Å². The third-order valence-corrected chi connectivity index (χ3v) is 7.82. The van der Waals surface area contributed by atoms with Gasteiger partial charge in [0.05, 0.1) is 18.0 Å². The highest BCUT2D eigenvalue weighted by Crippen LogP contribution is 2.26. The minimum Gasteiger partial charge on any atom is -0.497 e. The van der Waals surface area contributed by atoms with Crippen molar-refractivity contribution in [1.29, 1.82) is 0 Å². The Labute approximate surface area is 179 Å². The summed E-state index contributed by atoms with van der Waals surface area (Å²) in [4.78, 5) is 13.0. The van der Waals surface area contributed by atoms with Crippen molar-refractivity contribution in [2.45, 2.75) is 44.6 Å². The predicted molar refractivity (Wildman–Crippen MR) is 117 cm³/mol. The third kappa shape index (κ3) is 4.84. The second kappa shape index (κ2) is 9.18. The number of sulfonamides is 1. The van der Waals surface area contributed by atoms with E-state index in [9.17, 15) is 13.2 Å². The molecule has 1 heterocycles. The molecule has 1 amide bonds. The van der Waals surface area contributed by atoms with Crippen molar-refractivity contribution in [2.24, 2.45) is 5.92 Å². The Morgan fingerprint density at radius 2 is 1.70 bits per heavy atom. The van der Waals surface area contributed by atoms with Crippen molar-refractivity contribution in [2.75, 3.05) is 20.2 Å². The summed E-state index contributed by atoms with van der Waals surface area (Å²) in [6.45, 7) is 6.78. The summed E-state index contributed by atoms with van der Waals surface area (Å²) in [6, 6.07) is 12.5. The van der Waals surface area contributed by atoms with E-state index in [0.29, 0.717) is 31.7 Å². The van der Waals surface area contributed by atoms with Gasteiger partial charge in [-0.05, 0) is 74.6 Å². The molecule has 3 rings (SSSR count). The number of nitrogens with one attached hydrogen (secondary N) is 1. The number of aryl methyl sites for hydroxylation is 2. The highest BCUT2D eigenvalue weighted by Gasteiger charge is 2.32. The number of carbonyl (C=O) groups is 1. The summed E-state index contributed by atoms with van der Waals surface area (Å²) in [5, 5.41) is 3.09. The fraction of sp³-hybridized carbons (Fsp3) is 0.435. The van der Waals surface area contributed by atoms with E-state index in [1.165, 1.54) is 15.4 Å². The van der Waals surface area contributed by atoms with Crippen LogP contribution in [-0.2, 0) is 14.8 Å². The van der Waals surface area contributed by atoms with Crippen LogP contribution in [0, 0.1) is 19.8 Å². The maximum atomic E-state index is 12.9. The van der Waals surface area contributed by atoms with Crippen molar-refractivity contribution in [3.05, 3.63) is 59.2 Å². The molecule has 7 heteroatoms. The molecule has 1 saturated heterocycles. The topological polar surface area (TPSA) is 75.7 Å². The highest BCUT2D eigenvalue weighted by molar-refractivity contribution is 7.89. The fourth-order valence-corrected chi connectivity index (χ4v) is 5.17. The van der Waals surface area contributed by atoms with Gasteiger partial charge < -0.3 is 10.1 Å². The van der Waals surface area contributed by atoms with Gasteiger partial charge in [-0.1, -0.05) is 18.2 Å². The van der Waals surface area contributed by atoms with Crippen molar-refractivity contribution < 1.29 is 17.9 Å². The van der Waals surface area contributed by atoms with Gasteiger partial charge in [-0.2, -0.15) is 4.31 Å². The Morgan fingerprint density at radius 3 is 2.27 bits per heavy atom. The normalized spacial score (nSPS) is 16.8. The molecule has 162 valence electrons. The number of hydrogen-bond acceptors (Lipinski definition) is 4. The van der Waals surface area contributed by atoms with E-state index >= 15 is 0 Å². The first-order valence-corrected chi connectivity index (χ1v) is 11.7. The summed E-state index contributed by atoms with van der Waals surface area (Å²) in [5.74, 6) is 0.422. The van der Waals surface area contributed by atoms with Crippen LogP contribution >= 0.6 is 0 Å². The molecule has 2 aromatic carbocycles. The van der Waals surface area contributed by atoms with Gasteiger partial charge in [-0.25, -0.2) is 8.42 Å². The number of nitrogens with zero attached hydrogens (tertiary/aromatic N) is 1. The maximum Gasteiger partial charge on any atom is 0.243 e. The number of methoxy groups -OCH3 is 1. The Balaban J connectivity index is 1.58. The van der Waals surface area contributed by atoms with Crippen LogP contribution in [0.4, 0.5) is 0 Å². The quantitative estimate of drug-likeness (QED) is 0.760. The van der Waals surface area contributed by atoms with E-state index in [1.54, 1.807) is 31.4 Å². The van der Waals surface area contributed by atoms with Gasteiger partial charge in [0.2, 0.25) is 15.9 Å². The summed E-state index contributed by atoms with van der Waals surface area (Å²) >= 11 is 0. The van der Waals surface area contributed by atoms with E-state index in [4.69, 9.17) is 4.74 Å². The minimum absolute atomic E-state index is 0.0118. The second-order valence-corrected chi connectivity index (χ2v) is 9.87. The second-order valence-electron chi connectivity index (χ2n) is 7.93. The van der Waals surface area contributed by atoms with Crippen molar-refractivity contribution in [1.82, 2.24) is 9.62 Å². The van der Waals surface area contributed by atoms with E-state index in [1.807, 2.05) is 13.0 Å². The molecule has 30 heavy (non-hydrogen) atoms.